The number of nitrogens with one attached hydrogen (secondary N) is 1. The minimum atomic E-state index is 0.00675. The van der Waals surface area contributed by atoms with Crippen molar-refractivity contribution in [3.8, 4) is 0 Å². The maximum atomic E-state index is 6.09. The minimum Gasteiger partial charge on any atom is -0.377 e. The van der Waals surface area contributed by atoms with Gasteiger partial charge in [-0.05, 0) is 50.3 Å². The monoisotopic (exact) mass is 288 g/mol. The lowest BCUT2D eigenvalue weighted by Crippen LogP contribution is -2.54. The van der Waals surface area contributed by atoms with Crippen molar-refractivity contribution in [3.63, 3.8) is 0 Å². The first-order valence-corrected chi connectivity index (χ1v) is 8.53. The summed E-state index contributed by atoms with van der Waals surface area (Å²) >= 11 is 0. The molecule has 21 heavy (non-hydrogen) atoms. The smallest absolute Gasteiger partial charge is 0.0837 e. The Morgan fingerprint density at radius 2 is 2.19 bits per heavy atom. The highest BCUT2D eigenvalue weighted by Crippen LogP contribution is 2.44. The summed E-state index contributed by atoms with van der Waals surface area (Å²) in [5.74, 6) is 0.493. The molecule has 2 aliphatic rings. The van der Waals surface area contributed by atoms with Crippen molar-refractivity contribution in [2.75, 3.05) is 13.7 Å². The van der Waals surface area contributed by atoms with E-state index in [0.717, 1.165) is 6.54 Å². The Balaban J connectivity index is 1.95. The fraction of sp³-hybridized carbons (Fsp3) is 0.722. The molecule has 0 aliphatic heterocycles. The quantitative estimate of drug-likeness (QED) is 0.901. The molecule has 0 amide bonds. The van der Waals surface area contributed by atoms with E-state index in [1.807, 2.05) is 13.3 Å². The Hall–Kier alpha value is -0.930. The molecule has 1 aromatic rings. The summed E-state index contributed by atoms with van der Waals surface area (Å²) < 4.78 is 6.09. The number of fused-ring (bicyclic) bond motifs is 1. The second-order valence-electron chi connectivity index (χ2n) is 6.56. The summed E-state index contributed by atoms with van der Waals surface area (Å²) in [7, 11) is 1.90. The predicted octanol–water partition coefficient (Wildman–Crippen LogP) is 3.44. The third-order valence-electron chi connectivity index (χ3n) is 5.49. The highest BCUT2D eigenvalue weighted by atomic mass is 16.5. The Bertz CT molecular complexity index is 468. The molecule has 1 aromatic heterocycles. The average molecular weight is 288 g/mol. The molecule has 3 heteroatoms. The number of nitrogens with zero attached hydrogens (tertiary/aromatic N) is 1. The number of ether oxygens (including phenoxy) is 1. The summed E-state index contributed by atoms with van der Waals surface area (Å²) in [6, 6.07) is 4.72. The third kappa shape index (κ3) is 2.74. The van der Waals surface area contributed by atoms with Crippen LogP contribution in [0.3, 0.4) is 0 Å². The number of aryl methyl sites for hydroxylation is 1. The van der Waals surface area contributed by atoms with Crippen LogP contribution in [0.1, 0.15) is 62.6 Å². The van der Waals surface area contributed by atoms with E-state index in [9.17, 15) is 0 Å². The van der Waals surface area contributed by atoms with E-state index < -0.39 is 0 Å². The van der Waals surface area contributed by atoms with Crippen LogP contribution in [0, 0.1) is 0 Å². The summed E-state index contributed by atoms with van der Waals surface area (Å²) in [5, 5.41) is 3.76. The van der Waals surface area contributed by atoms with E-state index in [1.165, 1.54) is 56.2 Å². The molecular formula is C18H28N2O. The van der Waals surface area contributed by atoms with Gasteiger partial charge in [0.15, 0.2) is 0 Å². The lowest BCUT2D eigenvalue weighted by Gasteiger charge is -2.43. The molecule has 1 saturated carbocycles. The molecule has 0 bridgehead atoms. The van der Waals surface area contributed by atoms with Crippen molar-refractivity contribution in [3.05, 3.63) is 29.6 Å². The van der Waals surface area contributed by atoms with E-state index in [4.69, 9.17) is 9.72 Å². The van der Waals surface area contributed by atoms with E-state index in [-0.39, 0.29) is 5.60 Å². The van der Waals surface area contributed by atoms with Gasteiger partial charge >= 0.3 is 0 Å². The lowest BCUT2D eigenvalue weighted by atomic mass is 9.74. The van der Waals surface area contributed by atoms with Crippen molar-refractivity contribution < 1.29 is 4.74 Å². The SMILES string of the molecule is CCNC(C1CCCc2cccnc21)C1(OC)CCCC1. The molecule has 0 spiro atoms. The molecule has 0 radical (unpaired) electrons. The summed E-state index contributed by atoms with van der Waals surface area (Å²) in [4.78, 5) is 4.75. The molecule has 2 aliphatic carbocycles. The fourth-order valence-corrected chi connectivity index (χ4v) is 4.50. The fourth-order valence-electron chi connectivity index (χ4n) is 4.50. The standard InChI is InChI=1S/C18H28N2O/c1-3-19-17(18(21-2)11-4-5-12-18)15-10-6-8-14-9-7-13-20-16(14)15/h7,9,13,15,17,19H,3-6,8,10-12H2,1-2H3. The number of pyridine rings is 1. The molecule has 1 heterocycles. The molecule has 0 saturated heterocycles. The molecule has 3 nitrogen and oxygen atoms in total. The van der Waals surface area contributed by atoms with Crippen LogP contribution >= 0.6 is 0 Å². The number of aromatic nitrogens is 1. The first-order valence-electron chi connectivity index (χ1n) is 8.53. The van der Waals surface area contributed by atoms with E-state index in [1.54, 1.807) is 0 Å². The molecule has 2 atom stereocenters. The summed E-state index contributed by atoms with van der Waals surface area (Å²) in [6.45, 7) is 3.20. The maximum Gasteiger partial charge on any atom is 0.0837 e. The second-order valence-corrected chi connectivity index (χ2v) is 6.56. The zero-order chi connectivity index (χ0) is 14.7. The summed E-state index contributed by atoms with van der Waals surface area (Å²) in [5.41, 5.74) is 2.77. The van der Waals surface area contributed by atoms with Crippen LogP contribution in [0.4, 0.5) is 0 Å². The summed E-state index contributed by atoms with van der Waals surface area (Å²) in [6.07, 6.45) is 10.6. The van der Waals surface area contributed by atoms with Crippen LogP contribution in [0.15, 0.2) is 18.3 Å². The Labute approximate surface area is 128 Å². The molecule has 3 rings (SSSR count). The highest BCUT2D eigenvalue weighted by molar-refractivity contribution is 5.28. The molecule has 116 valence electrons. The number of likely N-dealkylation sites (N-methyl/N-ethyl adjacent to an activating group) is 1. The maximum absolute atomic E-state index is 6.09. The van der Waals surface area contributed by atoms with Gasteiger partial charge in [0.25, 0.3) is 0 Å². The zero-order valence-electron chi connectivity index (χ0n) is 13.4. The van der Waals surface area contributed by atoms with Crippen molar-refractivity contribution in [2.45, 2.75) is 69.4 Å². The van der Waals surface area contributed by atoms with Crippen LogP contribution < -0.4 is 5.32 Å². The van der Waals surface area contributed by atoms with Gasteiger partial charge in [0.1, 0.15) is 0 Å². The van der Waals surface area contributed by atoms with Crippen LogP contribution in [0.5, 0.6) is 0 Å². The van der Waals surface area contributed by atoms with Crippen molar-refractivity contribution in [2.24, 2.45) is 0 Å². The van der Waals surface area contributed by atoms with Gasteiger partial charge in [-0.1, -0.05) is 25.8 Å². The zero-order valence-corrected chi connectivity index (χ0v) is 13.4. The van der Waals surface area contributed by atoms with Gasteiger partial charge < -0.3 is 10.1 Å². The normalized spacial score (nSPS) is 25.5. The van der Waals surface area contributed by atoms with Crippen LogP contribution in [-0.4, -0.2) is 30.3 Å². The Morgan fingerprint density at radius 3 is 2.90 bits per heavy atom. The van der Waals surface area contributed by atoms with Gasteiger partial charge in [-0.15, -0.1) is 0 Å². The van der Waals surface area contributed by atoms with Gasteiger partial charge in [0.05, 0.1) is 5.60 Å². The van der Waals surface area contributed by atoms with Gasteiger partial charge in [-0.25, -0.2) is 0 Å². The number of hydrogen-bond acceptors (Lipinski definition) is 3. The van der Waals surface area contributed by atoms with Crippen LogP contribution in [-0.2, 0) is 11.2 Å². The molecular weight excluding hydrogens is 260 g/mol. The van der Waals surface area contributed by atoms with E-state index in [0.29, 0.717) is 12.0 Å². The number of methoxy groups -OCH3 is 1. The molecule has 1 N–H and O–H groups in total. The Morgan fingerprint density at radius 1 is 1.38 bits per heavy atom. The van der Waals surface area contributed by atoms with Gasteiger partial charge in [0, 0.05) is 31.0 Å². The molecule has 0 aromatic carbocycles. The minimum absolute atomic E-state index is 0.00675. The highest BCUT2D eigenvalue weighted by Gasteiger charge is 2.46. The Kier molecular flexibility index (Phi) is 4.60. The third-order valence-corrected chi connectivity index (χ3v) is 5.49. The predicted molar refractivity (Wildman–Crippen MR) is 85.6 cm³/mol. The average Bonchev–Trinajstić information content (AvgIpc) is 3.02. The van der Waals surface area contributed by atoms with Gasteiger partial charge in [-0.2, -0.15) is 0 Å². The molecule has 1 fully saturated rings. The lowest BCUT2D eigenvalue weighted by molar-refractivity contribution is -0.0444. The van der Waals surface area contributed by atoms with Crippen LogP contribution in [0.25, 0.3) is 0 Å². The largest absolute Gasteiger partial charge is 0.377 e. The van der Waals surface area contributed by atoms with E-state index >= 15 is 0 Å². The number of rotatable bonds is 5. The first kappa shape index (κ1) is 15.0. The molecule has 2 unspecified atom stereocenters. The topological polar surface area (TPSA) is 34.2 Å². The van der Waals surface area contributed by atoms with Crippen LogP contribution in [0.2, 0.25) is 0 Å². The van der Waals surface area contributed by atoms with Gasteiger partial charge in [0.2, 0.25) is 0 Å². The van der Waals surface area contributed by atoms with Crippen molar-refractivity contribution in [1.29, 1.82) is 0 Å². The first-order chi connectivity index (χ1) is 10.3. The second kappa shape index (κ2) is 6.45. The van der Waals surface area contributed by atoms with Crippen molar-refractivity contribution in [1.82, 2.24) is 10.3 Å². The number of hydrogen-bond donors (Lipinski definition) is 1. The van der Waals surface area contributed by atoms with Gasteiger partial charge in [-0.3, -0.25) is 4.98 Å². The van der Waals surface area contributed by atoms with E-state index in [2.05, 4.69) is 24.4 Å². The van der Waals surface area contributed by atoms with Crippen molar-refractivity contribution >= 4 is 0 Å².